The van der Waals surface area contributed by atoms with Crippen LogP contribution in [0, 0.1) is 34.6 Å². The number of rotatable bonds is 4. The van der Waals surface area contributed by atoms with Crippen LogP contribution in [-0.4, -0.2) is 22.8 Å². The molecule has 1 unspecified atom stereocenters. The summed E-state index contributed by atoms with van der Waals surface area (Å²) >= 11 is 1.28. The number of Topliss-reactive ketones (excluding diaryl/α,β-unsaturated/α-hetero) is 1. The predicted molar refractivity (Wildman–Crippen MR) is 91.4 cm³/mol. The van der Waals surface area contributed by atoms with Gasteiger partial charge in [0.15, 0.2) is 6.10 Å². The molecule has 1 aromatic carbocycles. The summed E-state index contributed by atoms with van der Waals surface area (Å²) in [5.74, 6) is -0.673. The van der Waals surface area contributed by atoms with Gasteiger partial charge >= 0.3 is 5.97 Å². The van der Waals surface area contributed by atoms with E-state index >= 15 is 0 Å². The quantitative estimate of drug-likeness (QED) is 0.625. The fourth-order valence-electron chi connectivity index (χ4n) is 2.43. The van der Waals surface area contributed by atoms with Gasteiger partial charge in [-0.3, -0.25) is 4.79 Å². The molecule has 0 bridgehead atoms. The minimum absolute atomic E-state index is 0.183. The number of benzene rings is 1. The van der Waals surface area contributed by atoms with E-state index in [2.05, 4.69) is 4.98 Å². The summed E-state index contributed by atoms with van der Waals surface area (Å²) < 4.78 is 5.35. The Morgan fingerprint density at radius 2 is 1.65 bits per heavy atom. The van der Waals surface area contributed by atoms with Crippen molar-refractivity contribution >= 4 is 23.1 Å². The molecule has 0 amide bonds. The summed E-state index contributed by atoms with van der Waals surface area (Å²) in [4.78, 5) is 29.5. The molecule has 0 fully saturated rings. The van der Waals surface area contributed by atoms with E-state index < -0.39 is 12.1 Å². The van der Waals surface area contributed by atoms with E-state index in [1.807, 2.05) is 39.8 Å². The molecular weight excluding hydrogens is 310 g/mol. The first-order valence-electron chi connectivity index (χ1n) is 7.47. The van der Waals surface area contributed by atoms with Gasteiger partial charge in [-0.1, -0.05) is 6.07 Å². The van der Waals surface area contributed by atoms with Crippen molar-refractivity contribution in [3.63, 3.8) is 0 Å². The molecule has 23 heavy (non-hydrogen) atoms. The number of hydrogen-bond donors (Lipinski definition) is 0. The molecule has 2 aromatic rings. The van der Waals surface area contributed by atoms with Gasteiger partial charge in [-0.2, -0.15) is 0 Å². The Morgan fingerprint density at radius 1 is 1.04 bits per heavy atom. The minimum atomic E-state index is -0.829. The molecule has 1 aromatic heterocycles. The molecule has 0 saturated heterocycles. The van der Waals surface area contributed by atoms with E-state index in [1.54, 1.807) is 13.8 Å². The van der Waals surface area contributed by atoms with Crippen molar-refractivity contribution < 1.29 is 14.3 Å². The molecule has 1 heterocycles. The van der Waals surface area contributed by atoms with Crippen molar-refractivity contribution in [3.8, 4) is 0 Å². The summed E-state index contributed by atoms with van der Waals surface area (Å²) in [5, 5.41) is 0.804. The van der Waals surface area contributed by atoms with Gasteiger partial charge in [0.05, 0.1) is 10.7 Å². The Hall–Kier alpha value is -2.01. The van der Waals surface area contributed by atoms with E-state index in [9.17, 15) is 9.59 Å². The van der Waals surface area contributed by atoms with Crippen LogP contribution in [0.25, 0.3) is 0 Å². The standard InChI is InChI=1S/C18H21NO3S/c1-9-7-11(3)15(8-10(9)2)16(20)13(5)22-18(21)17-12(4)19-14(6)23-17/h7-8,13H,1-6H3. The third-order valence-corrected chi connectivity index (χ3v) is 4.90. The normalized spacial score (nSPS) is 12.1. The SMILES string of the molecule is Cc1nc(C)c(C(=O)OC(C)C(=O)c2cc(C)c(C)cc2C)s1. The lowest BCUT2D eigenvalue weighted by molar-refractivity contribution is 0.0322. The highest BCUT2D eigenvalue weighted by atomic mass is 32.1. The molecule has 0 spiro atoms. The second-order valence-corrected chi connectivity index (χ2v) is 7.01. The zero-order valence-corrected chi connectivity index (χ0v) is 15.1. The number of hydrogen-bond acceptors (Lipinski definition) is 5. The molecule has 0 aliphatic rings. The molecule has 1 atom stereocenters. The zero-order chi connectivity index (χ0) is 17.3. The number of nitrogens with zero attached hydrogens (tertiary/aromatic N) is 1. The Balaban J connectivity index is 2.19. The summed E-state index contributed by atoms with van der Waals surface area (Å²) in [7, 11) is 0. The smallest absolute Gasteiger partial charge is 0.350 e. The molecular formula is C18H21NO3S. The highest BCUT2D eigenvalue weighted by Gasteiger charge is 2.24. The van der Waals surface area contributed by atoms with Gasteiger partial charge in [0.25, 0.3) is 0 Å². The van der Waals surface area contributed by atoms with Crippen molar-refractivity contribution in [2.24, 2.45) is 0 Å². The second-order valence-electron chi connectivity index (χ2n) is 5.81. The van der Waals surface area contributed by atoms with Gasteiger partial charge < -0.3 is 4.74 Å². The zero-order valence-electron chi connectivity index (χ0n) is 14.3. The number of thiazole rings is 1. The molecule has 2 rings (SSSR count). The van der Waals surface area contributed by atoms with E-state index in [0.717, 1.165) is 21.7 Å². The highest BCUT2D eigenvalue weighted by molar-refractivity contribution is 7.13. The monoisotopic (exact) mass is 331 g/mol. The molecule has 0 radical (unpaired) electrons. The number of aromatic nitrogens is 1. The summed E-state index contributed by atoms with van der Waals surface area (Å²) in [6, 6.07) is 3.84. The fraction of sp³-hybridized carbons (Fsp3) is 0.389. The van der Waals surface area contributed by atoms with Crippen molar-refractivity contribution in [1.82, 2.24) is 4.98 Å². The molecule has 0 saturated carbocycles. The highest BCUT2D eigenvalue weighted by Crippen LogP contribution is 2.21. The number of aryl methyl sites for hydroxylation is 5. The Bertz CT molecular complexity index is 777. The predicted octanol–water partition coefficient (Wildman–Crippen LogP) is 4.11. The van der Waals surface area contributed by atoms with Gasteiger partial charge in [0, 0.05) is 5.56 Å². The van der Waals surface area contributed by atoms with Gasteiger partial charge in [-0.15, -0.1) is 11.3 Å². The van der Waals surface area contributed by atoms with Gasteiger partial charge in [-0.05, 0) is 64.3 Å². The fourth-order valence-corrected chi connectivity index (χ4v) is 3.24. The third-order valence-electron chi connectivity index (χ3n) is 3.85. The van der Waals surface area contributed by atoms with Crippen molar-refractivity contribution in [2.45, 2.75) is 47.6 Å². The van der Waals surface area contributed by atoms with Crippen LogP contribution in [0.4, 0.5) is 0 Å². The lowest BCUT2D eigenvalue weighted by Crippen LogP contribution is -2.25. The maximum absolute atomic E-state index is 12.6. The average Bonchev–Trinajstić information content (AvgIpc) is 2.81. The summed E-state index contributed by atoms with van der Waals surface area (Å²) in [6.07, 6.45) is -0.829. The summed E-state index contributed by atoms with van der Waals surface area (Å²) in [6.45, 7) is 11.1. The van der Waals surface area contributed by atoms with Crippen LogP contribution in [0.5, 0.6) is 0 Å². The maximum atomic E-state index is 12.6. The van der Waals surface area contributed by atoms with Gasteiger partial charge in [0.1, 0.15) is 4.88 Å². The molecule has 0 N–H and O–H groups in total. The Kier molecular flexibility index (Phi) is 5.00. The van der Waals surface area contributed by atoms with Crippen molar-refractivity contribution in [2.75, 3.05) is 0 Å². The molecule has 0 aliphatic heterocycles. The van der Waals surface area contributed by atoms with Crippen LogP contribution in [-0.2, 0) is 4.74 Å². The molecule has 122 valence electrons. The first kappa shape index (κ1) is 17.3. The van der Waals surface area contributed by atoms with Crippen molar-refractivity contribution in [3.05, 3.63) is 50.0 Å². The Morgan fingerprint density at radius 3 is 2.22 bits per heavy atom. The number of carbonyl (C=O) groups excluding carboxylic acids is 2. The van der Waals surface area contributed by atoms with Crippen LogP contribution < -0.4 is 0 Å². The number of ether oxygens (including phenoxy) is 1. The number of esters is 1. The van der Waals surface area contributed by atoms with E-state index in [0.29, 0.717) is 16.1 Å². The lowest BCUT2D eigenvalue weighted by Gasteiger charge is -2.15. The van der Waals surface area contributed by atoms with Crippen LogP contribution >= 0.6 is 11.3 Å². The number of carbonyl (C=O) groups is 2. The molecule has 0 aliphatic carbocycles. The molecule has 5 heteroatoms. The lowest BCUT2D eigenvalue weighted by atomic mass is 9.96. The Labute approximate surface area is 140 Å². The maximum Gasteiger partial charge on any atom is 0.350 e. The minimum Gasteiger partial charge on any atom is -0.450 e. The van der Waals surface area contributed by atoms with Crippen LogP contribution in [0.15, 0.2) is 12.1 Å². The first-order chi connectivity index (χ1) is 10.7. The van der Waals surface area contributed by atoms with Crippen LogP contribution in [0.3, 0.4) is 0 Å². The summed E-state index contributed by atoms with van der Waals surface area (Å²) in [5.41, 5.74) is 4.32. The van der Waals surface area contributed by atoms with E-state index in [-0.39, 0.29) is 5.78 Å². The van der Waals surface area contributed by atoms with E-state index in [1.165, 1.54) is 11.3 Å². The third kappa shape index (κ3) is 3.67. The van der Waals surface area contributed by atoms with Crippen LogP contribution in [0.2, 0.25) is 0 Å². The number of ketones is 1. The topological polar surface area (TPSA) is 56.3 Å². The van der Waals surface area contributed by atoms with Gasteiger partial charge in [0.2, 0.25) is 5.78 Å². The first-order valence-corrected chi connectivity index (χ1v) is 8.29. The second kappa shape index (κ2) is 6.62. The molecule has 4 nitrogen and oxygen atoms in total. The van der Waals surface area contributed by atoms with Gasteiger partial charge in [-0.25, -0.2) is 9.78 Å². The average molecular weight is 331 g/mol. The van der Waals surface area contributed by atoms with Crippen LogP contribution in [0.1, 0.15) is 54.3 Å². The largest absolute Gasteiger partial charge is 0.450 e. The van der Waals surface area contributed by atoms with Crippen molar-refractivity contribution in [1.29, 1.82) is 0 Å². The van der Waals surface area contributed by atoms with E-state index in [4.69, 9.17) is 4.74 Å².